The van der Waals surface area contributed by atoms with Gasteiger partial charge in [0, 0.05) is 5.69 Å². The van der Waals surface area contributed by atoms with E-state index >= 15 is 0 Å². The highest BCUT2D eigenvalue weighted by Gasteiger charge is 2.40. The minimum Gasteiger partial charge on any atom is -0.324 e. The van der Waals surface area contributed by atoms with E-state index in [1.54, 1.807) is 18.2 Å². The van der Waals surface area contributed by atoms with Gasteiger partial charge >= 0.3 is 0 Å². The molecule has 0 radical (unpaired) electrons. The number of rotatable bonds is 2. The number of amides is 1. The normalized spacial score (nSPS) is 16.6. The highest BCUT2D eigenvalue weighted by Crippen LogP contribution is 2.31. The van der Waals surface area contributed by atoms with Crippen LogP contribution < -0.4 is 11.1 Å². The third-order valence-electron chi connectivity index (χ3n) is 2.88. The van der Waals surface area contributed by atoms with E-state index in [2.05, 4.69) is 5.32 Å². The van der Waals surface area contributed by atoms with E-state index in [0.29, 0.717) is 15.7 Å². The first-order chi connectivity index (χ1) is 7.51. The summed E-state index contributed by atoms with van der Waals surface area (Å²) in [6, 6.07) is 4.96. The number of halogens is 3. The summed E-state index contributed by atoms with van der Waals surface area (Å²) in [6.07, 6.45) is 2.48. The van der Waals surface area contributed by atoms with Crippen molar-refractivity contribution in [2.24, 2.45) is 5.73 Å². The summed E-state index contributed by atoms with van der Waals surface area (Å²) in [5.41, 5.74) is 5.81. The molecular weight excluding hydrogens is 282 g/mol. The molecule has 0 unspecified atom stereocenters. The summed E-state index contributed by atoms with van der Waals surface area (Å²) in [7, 11) is 0. The number of hydrogen-bond donors (Lipinski definition) is 2. The van der Waals surface area contributed by atoms with Crippen LogP contribution in [-0.4, -0.2) is 11.4 Å². The van der Waals surface area contributed by atoms with Gasteiger partial charge in [0.05, 0.1) is 15.6 Å². The number of anilines is 1. The van der Waals surface area contributed by atoms with Gasteiger partial charge in [0.15, 0.2) is 0 Å². The molecule has 17 heavy (non-hydrogen) atoms. The fourth-order valence-electron chi connectivity index (χ4n) is 1.61. The fraction of sp³-hybridized carbons (Fsp3) is 0.364. The van der Waals surface area contributed by atoms with Crippen LogP contribution in [0.2, 0.25) is 10.0 Å². The zero-order chi connectivity index (χ0) is 11.8. The van der Waals surface area contributed by atoms with Crippen LogP contribution in [-0.2, 0) is 4.79 Å². The molecule has 0 heterocycles. The lowest BCUT2D eigenvalue weighted by Crippen LogP contribution is -2.56. The Morgan fingerprint density at radius 1 is 1.29 bits per heavy atom. The highest BCUT2D eigenvalue weighted by atomic mass is 35.5. The molecule has 0 bridgehead atoms. The van der Waals surface area contributed by atoms with E-state index in [-0.39, 0.29) is 18.3 Å². The molecule has 0 aliphatic heterocycles. The van der Waals surface area contributed by atoms with Crippen LogP contribution >= 0.6 is 35.6 Å². The Morgan fingerprint density at radius 2 is 1.94 bits per heavy atom. The van der Waals surface area contributed by atoms with E-state index in [4.69, 9.17) is 28.9 Å². The van der Waals surface area contributed by atoms with Gasteiger partial charge in [-0.05, 0) is 37.5 Å². The number of hydrogen-bond acceptors (Lipinski definition) is 2. The first kappa shape index (κ1) is 14.6. The third kappa shape index (κ3) is 3.05. The largest absolute Gasteiger partial charge is 0.324 e. The van der Waals surface area contributed by atoms with Crippen LogP contribution in [0.5, 0.6) is 0 Å². The Kier molecular flexibility index (Phi) is 4.67. The predicted octanol–water partition coefficient (Wildman–Crippen LogP) is 3.24. The van der Waals surface area contributed by atoms with Gasteiger partial charge in [-0.2, -0.15) is 0 Å². The molecule has 0 saturated heterocycles. The van der Waals surface area contributed by atoms with Crippen molar-refractivity contribution in [2.45, 2.75) is 24.8 Å². The van der Waals surface area contributed by atoms with Crippen LogP contribution in [0.4, 0.5) is 5.69 Å². The lowest BCUT2D eigenvalue weighted by atomic mass is 9.77. The second kappa shape index (κ2) is 5.44. The van der Waals surface area contributed by atoms with Crippen molar-refractivity contribution in [1.82, 2.24) is 0 Å². The Labute approximate surface area is 116 Å². The van der Waals surface area contributed by atoms with Gasteiger partial charge < -0.3 is 11.1 Å². The average Bonchev–Trinajstić information content (AvgIpc) is 2.20. The quantitative estimate of drug-likeness (QED) is 0.880. The van der Waals surface area contributed by atoms with Crippen molar-refractivity contribution in [3.8, 4) is 0 Å². The number of carbonyl (C=O) groups excluding carboxylic acids is 1. The monoisotopic (exact) mass is 294 g/mol. The lowest BCUT2D eigenvalue weighted by molar-refractivity contribution is -0.123. The second-order valence-electron chi connectivity index (χ2n) is 4.09. The lowest BCUT2D eigenvalue weighted by Gasteiger charge is -2.36. The molecule has 1 amide bonds. The van der Waals surface area contributed by atoms with E-state index in [0.717, 1.165) is 19.3 Å². The van der Waals surface area contributed by atoms with Crippen molar-refractivity contribution >= 4 is 47.2 Å². The molecule has 1 aromatic carbocycles. The van der Waals surface area contributed by atoms with Crippen LogP contribution in [0.15, 0.2) is 18.2 Å². The van der Waals surface area contributed by atoms with Crippen molar-refractivity contribution in [3.05, 3.63) is 28.2 Å². The maximum atomic E-state index is 11.8. The summed E-state index contributed by atoms with van der Waals surface area (Å²) < 4.78 is 0. The van der Waals surface area contributed by atoms with Gasteiger partial charge in [0.25, 0.3) is 0 Å². The summed E-state index contributed by atoms with van der Waals surface area (Å²) in [5, 5.41) is 3.62. The van der Waals surface area contributed by atoms with Gasteiger partial charge in [0.1, 0.15) is 0 Å². The topological polar surface area (TPSA) is 55.1 Å². The predicted molar refractivity (Wildman–Crippen MR) is 73.1 cm³/mol. The van der Waals surface area contributed by atoms with Crippen LogP contribution in [0.25, 0.3) is 0 Å². The average molecular weight is 296 g/mol. The Bertz CT molecular complexity index is 433. The number of nitrogens with two attached hydrogens (primary N) is 1. The zero-order valence-corrected chi connectivity index (χ0v) is 11.3. The Hall–Kier alpha value is -0.480. The summed E-state index contributed by atoms with van der Waals surface area (Å²) >= 11 is 11.6. The van der Waals surface area contributed by atoms with Gasteiger partial charge in [-0.1, -0.05) is 23.2 Å². The maximum Gasteiger partial charge on any atom is 0.244 e. The maximum absolute atomic E-state index is 11.8. The molecule has 94 valence electrons. The zero-order valence-electron chi connectivity index (χ0n) is 9.00. The SMILES string of the molecule is Cl.NC1(C(=O)Nc2ccc(Cl)c(Cl)c2)CCC1. The smallest absolute Gasteiger partial charge is 0.244 e. The van der Waals surface area contributed by atoms with Gasteiger partial charge in [-0.3, -0.25) is 4.79 Å². The minimum atomic E-state index is -0.702. The molecule has 2 rings (SSSR count). The third-order valence-corrected chi connectivity index (χ3v) is 3.61. The molecule has 1 aromatic rings. The molecule has 0 spiro atoms. The molecule has 1 aliphatic rings. The number of nitrogens with one attached hydrogen (secondary N) is 1. The van der Waals surface area contributed by atoms with Crippen LogP contribution in [0, 0.1) is 0 Å². The molecule has 3 nitrogen and oxygen atoms in total. The summed E-state index contributed by atoms with van der Waals surface area (Å²) in [4.78, 5) is 11.8. The van der Waals surface area contributed by atoms with Crippen molar-refractivity contribution in [1.29, 1.82) is 0 Å². The second-order valence-corrected chi connectivity index (χ2v) is 4.91. The van der Waals surface area contributed by atoms with Crippen LogP contribution in [0.3, 0.4) is 0 Å². The summed E-state index contributed by atoms with van der Waals surface area (Å²) in [6.45, 7) is 0. The van der Waals surface area contributed by atoms with Crippen LogP contribution in [0.1, 0.15) is 19.3 Å². The highest BCUT2D eigenvalue weighted by molar-refractivity contribution is 6.42. The molecular formula is C11H13Cl3N2O. The molecule has 3 N–H and O–H groups in total. The first-order valence-electron chi connectivity index (χ1n) is 5.07. The van der Waals surface area contributed by atoms with Crippen molar-refractivity contribution < 1.29 is 4.79 Å². The molecule has 0 aromatic heterocycles. The fourth-order valence-corrected chi connectivity index (χ4v) is 1.91. The molecule has 1 saturated carbocycles. The van der Waals surface area contributed by atoms with E-state index in [1.165, 1.54) is 0 Å². The van der Waals surface area contributed by atoms with Gasteiger partial charge in [0.2, 0.25) is 5.91 Å². The van der Waals surface area contributed by atoms with Crippen molar-refractivity contribution in [2.75, 3.05) is 5.32 Å². The standard InChI is InChI=1S/C11H12Cl2N2O.ClH/c12-8-3-2-7(6-9(8)13)15-10(16)11(14)4-1-5-11;/h2-3,6H,1,4-5,14H2,(H,15,16);1H. The number of carbonyl (C=O) groups is 1. The molecule has 6 heteroatoms. The molecule has 0 atom stereocenters. The van der Waals surface area contributed by atoms with Gasteiger partial charge in [-0.15, -0.1) is 12.4 Å². The Morgan fingerprint density at radius 3 is 2.41 bits per heavy atom. The molecule has 1 fully saturated rings. The molecule has 1 aliphatic carbocycles. The Balaban J connectivity index is 0.00000144. The first-order valence-corrected chi connectivity index (χ1v) is 5.82. The van der Waals surface area contributed by atoms with E-state index < -0.39 is 5.54 Å². The number of benzene rings is 1. The minimum absolute atomic E-state index is 0. The summed E-state index contributed by atoms with van der Waals surface area (Å²) in [5.74, 6) is -0.155. The van der Waals surface area contributed by atoms with Crippen molar-refractivity contribution in [3.63, 3.8) is 0 Å². The van der Waals surface area contributed by atoms with Gasteiger partial charge in [-0.25, -0.2) is 0 Å². The van der Waals surface area contributed by atoms with E-state index in [9.17, 15) is 4.79 Å². The van der Waals surface area contributed by atoms with E-state index in [1.807, 2.05) is 0 Å².